The van der Waals surface area contributed by atoms with Gasteiger partial charge in [0.15, 0.2) is 0 Å². The summed E-state index contributed by atoms with van der Waals surface area (Å²) < 4.78 is 0. The van der Waals surface area contributed by atoms with E-state index in [1.807, 2.05) is 18.2 Å². The first kappa shape index (κ1) is 17.5. The maximum absolute atomic E-state index is 6.06. The highest BCUT2D eigenvalue weighted by atomic mass is 35.5. The van der Waals surface area contributed by atoms with Crippen LogP contribution in [0.3, 0.4) is 0 Å². The standard InChI is InChI=1S/C17H29ClN2/c1-6-14(7-2)17(20(4)5)12-19-13(3)15-9-8-10-16(18)11-15/h8-11,13-14,17,19H,6-7,12H2,1-5H3. The Morgan fingerprint density at radius 1 is 1.20 bits per heavy atom. The fourth-order valence-electron chi connectivity index (χ4n) is 2.80. The van der Waals surface area contributed by atoms with E-state index in [1.54, 1.807) is 0 Å². The molecule has 0 amide bonds. The van der Waals surface area contributed by atoms with Crippen molar-refractivity contribution < 1.29 is 0 Å². The van der Waals surface area contributed by atoms with Crippen molar-refractivity contribution in [3.8, 4) is 0 Å². The quantitative estimate of drug-likeness (QED) is 0.767. The highest BCUT2D eigenvalue weighted by molar-refractivity contribution is 6.30. The van der Waals surface area contributed by atoms with Crippen molar-refractivity contribution in [3.63, 3.8) is 0 Å². The third kappa shape index (κ3) is 5.08. The Balaban J connectivity index is 2.63. The number of hydrogen-bond donors (Lipinski definition) is 1. The first-order chi connectivity index (χ1) is 9.49. The molecule has 1 aromatic rings. The molecule has 114 valence electrons. The molecule has 0 radical (unpaired) electrons. The van der Waals surface area contributed by atoms with E-state index in [-0.39, 0.29) is 0 Å². The third-order valence-electron chi connectivity index (χ3n) is 4.24. The maximum Gasteiger partial charge on any atom is 0.0409 e. The van der Waals surface area contributed by atoms with Crippen molar-refractivity contribution >= 4 is 11.6 Å². The van der Waals surface area contributed by atoms with Crippen LogP contribution in [0.2, 0.25) is 5.02 Å². The molecule has 0 saturated carbocycles. The number of rotatable bonds is 8. The first-order valence-corrected chi connectivity index (χ1v) is 8.02. The molecule has 0 fully saturated rings. The largest absolute Gasteiger partial charge is 0.309 e. The van der Waals surface area contributed by atoms with Crippen molar-refractivity contribution in [3.05, 3.63) is 34.9 Å². The lowest BCUT2D eigenvalue weighted by Gasteiger charge is -2.32. The van der Waals surface area contributed by atoms with Gasteiger partial charge in [0, 0.05) is 23.7 Å². The topological polar surface area (TPSA) is 15.3 Å². The molecule has 1 aromatic carbocycles. The van der Waals surface area contributed by atoms with Gasteiger partial charge in [0.25, 0.3) is 0 Å². The SMILES string of the molecule is CCC(CC)C(CNC(C)c1cccc(Cl)c1)N(C)C. The molecule has 2 unspecified atom stereocenters. The zero-order valence-corrected chi connectivity index (χ0v) is 14.2. The van der Waals surface area contributed by atoms with Gasteiger partial charge in [-0.05, 0) is 44.6 Å². The molecule has 0 bridgehead atoms. The van der Waals surface area contributed by atoms with Crippen LogP contribution in [-0.4, -0.2) is 31.6 Å². The van der Waals surface area contributed by atoms with Crippen LogP contribution in [0.15, 0.2) is 24.3 Å². The van der Waals surface area contributed by atoms with Crippen molar-refractivity contribution in [1.29, 1.82) is 0 Å². The van der Waals surface area contributed by atoms with Crippen LogP contribution >= 0.6 is 11.6 Å². The lowest BCUT2D eigenvalue weighted by atomic mass is 9.93. The van der Waals surface area contributed by atoms with Gasteiger partial charge in [-0.1, -0.05) is 50.4 Å². The Labute approximate surface area is 129 Å². The minimum Gasteiger partial charge on any atom is -0.309 e. The average Bonchev–Trinajstić information content (AvgIpc) is 2.42. The molecule has 0 saturated heterocycles. The van der Waals surface area contributed by atoms with Gasteiger partial charge >= 0.3 is 0 Å². The summed E-state index contributed by atoms with van der Waals surface area (Å²) in [5.74, 6) is 0.740. The van der Waals surface area contributed by atoms with E-state index in [0.29, 0.717) is 12.1 Å². The molecule has 3 heteroatoms. The number of likely N-dealkylation sites (N-methyl/N-ethyl adjacent to an activating group) is 1. The molecule has 0 aromatic heterocycles. The fourth-order valence-corrected chi connectivity index (χ4v) is 2.99. The summed E-state index contributed by atoms with van der Waals surface area (Å²) >= 11 is 6.06. The molecular weight excluding hydrogens is 268 g/mol. The summed E-state index contributed by atoms with van der Waals surface area (Å²) in [7, 11) is 4.35. The Bertz CT molecular complexity index is 388. The summed E-state index contributed by atoms with van der Waals surface area (Å²) in [6.45, 7) is 7.77. The number of nitrogens with one attached hydrogen (secondary N) is 1. The smallest absolute Gasteiger partial charge is 0.0409 e. The minimum absolute atomic E-state index is 0.325. The van der Waals surface area contributed by atoms with Gasteiger partial charge in [-0.3, -0.25) is 0 Å². The number of hydrogen-bond acceptors (Lipinski definition) is 2. The van der Waals surface area contributed by atoms with Crippen LogP contribution in [0.25, 0.3) is 0 Å². The van der Waals surface area contributed by atoms with Crippen LogP contribution in [0.1, 0.15) is 45.2 Å². The minimum atomic E-state index is 0.325. The lowest BCUT2D eigenvalue weighted by Crippen LogP contribution is -2.43. The normalized spacial score (nSPS) is 14.8. The Morgan fingerprint density at radius 3 is 2.35 bits per heavy atom. The zero-order valence-electron chi connectivity index (χ0n) is 13.5. The molecule has 20 heavy (non-hydrogen) atoms. The molecule has 0 heterocycles. The van der Waals surface area contributed by atoms with E-state index in [1.165, 1.54) is 18.4 Å². The molecule has 0 aliphatic heterocycles. The second kappa shape index (κ2) is 8.66. The maximum atomic E-state index is 6.06. The predicted molar refractivity (Wildman–Crippen MR) is 89.4 cm³/mol. The van der Waals surface area contributed by atoms with Crippen LogP contribution in [0, 0.1) is 5.92 Å². The van der Waals surface area contributed by atoms with E-state index < -0.39 is 0 Å². The highest BCUT2D eigenvalue weighted by Crippen LogP contribution is 2.20. The number of halogens is 1. The van der Waals surface area contributed by atoms with Crippen molar-refractivity contribution in [2.24, 2.45) is 5.92 Å². The molecule has 1 rings (SSSR count). The second-order valence-corrected chi connectivity index (χ2v) is 6.23. The summed E-state index contributed by atoms with van der Waals surface area (Å²) in [5, 5.41) is 4.46. The predicted octanol–water partition coefficient (Wildman–Crippen LogP) is 4.36. The van der Waals surface area contributed by atoms with E-state index >= 15 is 0 Å². The van der Waals surface area contributed by atoms with Crippen molar-refractivity contribution in [1.82, 2.24) is 10.2 Å². The second-order valence-electron chi connectivity index (χ2n) is 5.79. The number of benzene rings is 1. The Kier molecular flexibility index (Phi) is 7.57. The summed E-state index contributed by atoms with van der Waals surface area (Å²) in [6.07, 6.45) is 2.46. The molecule has 0 spiro atoms. The average molecular weight is 297 g/mol. The van der Waals surface area contributed by atoms with Gasteiger partial charge in [0.05, 0.1) is 0 Å². The first-order valence-electron chi connectivity index (χ1n) is 7.64. The molecule has 2 nitrogen and oxygen atoms in total. The Morgan fingerprint density at radius 2 is 1.85 bits per heavy atom. The van der Waals surface area contributed by atoms with E-state index in [2.05, 4.69) is 51.1 Å². The van der Waals surface area contributed by atoms with Crippen LogP contribution < -0.4 is 5.32 Å². The van der Waals surface area contributed by atoms with Gasteiger partial charge < -0.3 is 10.2 Å². The molecule has 1 N–H and O–H groups in total. The Hall–Kier alpha value is -0.570. The summed E-state index contributed by atoms with van der Waals surface area (Å²) in [5.41, 5.74) is 1.25. The van der Waals surface area contributed by atoms with Gasteiger partial charge in [0.2, 0.25) is 0 Å². The molecular formula is C17H29ClN2. The summed E-state index contributed by atoms with van der Waals surface area (Å²) in [6, 6.07) is 9.01. The summed E-state index contributed by atoms with van der Waals surface area (Å²) in [4.78, 5) is 2.34. The highest BCUT2D eigenvalue weighted by Gasteiger charge is 2.21. The molecule has 2 atom stereocenters. The van der Waals surface area contributed by atoms with Gasteiger partial charge in [-0.15, -0.1) is 0 Å². The number of nitrogens with zero attached hydrogens (tertiary/aromatic N) is 1. The van der Waals surface area contributed by atoms with E-state index in [4.69, 9.17) is 11.6 Å². The third-order valence-corrected chi connectivity index (χ3v) is 4.47. The zero-order chi connectivity index (χ0) is 15.1. The van der Waals surface area contributed by atoms with E-state index in [0.717, 1.165) is 17.5 Å². The van der Waals surface area contributed by atoms with Crippen molar-refractivity contribution in [2.75, 3.05) is 20.6 Å². The van der Waals surface area contributed by atoms with Gasteiger partial charge in [-0.25, -0.2) is 0 Å². The van der Waals surface area contributed by atoms with Gasteiger partial charge in [0.1, 0.15) is 0 Å². The van der Waals surface area contributed by atoms with Crippen molar-refractivity contribution in [2.45, 2.75) is 45.7 Å². The molecule has 0 aliphatic rings. The van der Waals surface area contributed by atoms with E-state index in [9.17, 15) is 0 Å². The lowest BCUT2D eigenvalue weighted by molar-refractivity contribution is 0.190. The fraction of sp³-hybridized carbons (Fsp3) is 0.647. The van der Waals surface area contributed by atoms with Crippen LogP contribution in [0.5, 0.6) is 0 Å². The molecule has 0 aliphatic carbocycles. The van der Waals surface area contributed by atoms with Gasteiger partial charge in [-0.2, -0.15) is 0 Å². The monoisotopic (exact) mass is 296 g/mol. The van der Waals surface area contributed by atoms with Crippen LogP contribution in [0.4, 0.5) is 0 Å². The van der Waals surface area contributed by atoms with Crippen LogP contribution in [-0.2, 0) is 0 Å².